The molecule has 1 unspecified atom stereocenters. The van der Waals surface area contributed by atoms with Gasteiger partial charge in [0.25, 0.3) is 4.08 Å². The Balaban J connectivity index is 1.74. The molecular formula is C38H31O2S2+. The standard InChI is InChI=1S/C38H30O2S2/c41-38(32-21-9-2-10-22-32,42(35-27-15-5-16-28-35)36-29-17-6-18-30-36)37(31-19-7-1-8-20-31,39-33-23-11-3-12-24-33)40-34-25-13-4-14-26-34/h1-30H/p+1. The summed E-state index contributed by atoms with van der Waals surface area (Å²) in [6.45, 7) is 0. The van der Waals surface area contributed by atoms with E-state index in [0.29, 0.717) is 11.5 Å². The van der Waals surface area contributed by atoms with Crippen molar-refractivity contribution in [3.63, 3.8) is 0 Å². The Hall–Kier alpha value is -4.38. The molecule has 0 aliphatic heterocycles. The summed E-state index contributed by atoms with van der Waals surface area (Å²) >= 11 is 5.84. The molecule has 6 aromatic rings. The zero-order valence-electron chi connectivity index (χ0n) is 23.0. The number of benzene rings is 6. The van der Waals surface area contributed by atoms with E-state index in [9.17, 15) is 0 Å². The highest BCUT2D eigenvalue weighted by atomic mass is 32.2. The van der Waals surface area contributed by atoms with Crippen molar-refractivity contribution in [1.29, 1.82) is 0 Å². The van der Waals surface area contributed by atoms with E-state index in [0.717, 1.165) is 20.9 Å². The van der Waals surface area contributed by atoms with Gasteiger partial charge >= 0.3 is 5.79 Å². The van der Waals surface area contributed by atoms with Crippen molar-refractivity contribution in [3.05, 3.63) is 193 Å². The Bertz CT molecular complexity index is 1550. The first-order chi connectivity index (χ1) is 20.7. The molecule has 0 aromatic heterocycles. The van der Waals surface area contributed by atoms with Crippen molar-refractivity contribution in [2.75, 3.05) is 0 Å². The molecule has 206 valence electrons. The molecule has 0 amide bonds. The predicted octanol–water partition coefficient (Wildman–Crippen LogP) is 9.52. The topological polar surface area (TPSA) is 18.5 Å². The first-order valence-corrected chi connectivity index (χ1v) is 15.5. The fraction of sp³-hybridized carbons (Fsp3) is 0.0526. The van der Waals surface area contributed by atoms with Crippen LogP contribution in [-0.4, -0.2) is 0 Å². The Morgan fingerprint density at radius 2 is 0.690 bits per heavy atom. The van der Waals surface area contributed by atoms with Crippen LogP contribution in [0.2, 0.25) is 0 Å². The van der Waals surface area contributed by atoms with E-state index >= 15 is 0 Å². The maximum Gasteiger partial charge on any atom is 0.345 e. The molecule has 0 fully saturated rings. The van der Waals surface area contributed by atoms with Gasteiger partial charge in [-0.05, 0) is 48.5 Å². The van der Waals surface area contributed by atoms with E-state index in [-0.39, 0.29) is 0 Å². The fourth-order valence-corrected chi connectivity index (χ4v) is 8.79. The Labute approximate surface area is 256 Å². The molecule has 6 rings (SSSR count). The normalized spacial score (nSPS) is 12.8. The Kier molecular flexibility index (Phi) is 8.36. The van der Waals surface area contributed by atoms with Gasteiger partial charge in [0.05, 0.1) is 10.9 Å². The second-order valence-corrected chi connectivity index (χ2v) is 12.9. The van der Waals surface area contributed by atoms with Gasteiger partial charge in [0.15, 0.2) is 9.79 Å². The molecule has 42 heavy (non-hydrogen) atoms. The minimum Gasteiger partial charge on any atom is -0.443 e. The lowest BCUT2D eigenvalue weighted by atomic mass is 9.95. The van der Waals surface area contributed by atoms with E-state index < -0.39 is 20.8 Å². The molecule has 0 bridgehead atoms. The van der Waals surface area contributed by atoms with Crippen LogP contribution in [-0.2, 0) is 20.8 Å². The second kappa shape index (κ2) is 12.6. The van der Waals surface area contributed by atoms with Crippen LogP contribution < -0.4 is 9.47 Å². The van der Waals surface area contributed by atoms with Crippen LogP contribution in [0.5, 0.6) is 11.5 Å². The lowest BCUT2D eigenvalue weighted by molar-refractivity contribution is -0.133. The van der Waals surface area contributed by atoms with Gasteiger partial charge in [0.2, 0.25) is 0 Å². The smallest absolute Gasteiger partial charge is 0.345 e. The largest absolute Gasteiger partial charge is 0.443 e. The molecular weight excluding hydrogens is 553 g/mol. The van der Waals surface area contributed by atoms with Crippen LogP contribution in [0.4, 0.5) is 0 Å². The third kappa shape index (κ3) is 5.44. The quantitative estimate of drug-likeness (QED) is 0.0984. The summed E-state index contributed by atoms with van der Waals surface area (Å²) in [5.74, 6) is -0.0800. The van der Waals surface area contributed by atoms with Crippen LogP contribution >= 0.6 is 12.6 Å². The molecule has 0 aliphatic rings. The summed E-state index contributed by atoms with van der Waals surface area (Å²) in [4.78, 5) is 2.24. The third-order valence-electron chi connectivity index (χ3n) is 7.03. The molecule has 0 spiro atoms. The molecule has 2 nitrogen and oxygen atoms in total. The third-order valence-corrected chi connectivity index (χ3v) is 10.7. The monoisotopic (exact) mass is 583 g/mol. The molecule has 0 N–H and O–H groups in total. The molecule has 0 radical (unpaired) electrons. The van der Waals surface area contributed by atoms with Crippen molar-refractivity contribution >= 4 is 23.5 Å². The Morgan fingerprint density at radius 1 is 0.381 bits per heavy atom. The lowest BCUT2D eigenvalue weighted by Gasteiger charge is -2.45. The lowest BCUT2D eigenvalue weighted by Crippen LogP contribution is -2.58. The zero-order chi connectivity index (χ0) is 28.7. The highest BCUT2D eigenvalue weighted by molar-refractivity contribution is 8.09. The first kappa shape index (κ1) is 27.8. The minimum absolute atomic E-state index is 0.677. The molecule has 1 atom stereocenters. The van der Waals surface area contributed by atoms with Gasteiger partial charge < -0.3 is 9.47 Å². The van der Waals surface area contributed by atoms with Crippen molar-refractivity contribution in [3.8, 4) is 11.5 Å². The number of hydrogen-bond donors (Lipinski definition) is 1. The van der Waals surface area contributed by atoms with E-state index in [4.69, 9.17) is 22.1 Å². The van der Waals surface area contributed by atoms with Gasteiger partial charge in [-0.3, -0.25) is 0 Å². The van der Waals surface area contributed by atoms with Crippen molar-refractivity contribution in [1.82, 2.24) is 0 Å². The summed E-state index contributed by atoms with van der Waals surface area (Å²) in [5, 5.41) is 0. The molecule has 0 saturated heterocycles. The van der Waals surface area contributed by atoms with Gasteiger partial charge in [-0.25, -0.2) is 0 Å². The summed E-state index contributed by atoms with van der Waals surface area (Å²) in [6.07, 6.45) is 0. The van der Waals surface area contributed by atoms with Crippen LogP contribution in [0.3, 0.4) is 0 Å². The summed E-state index contributed by atoms with van der Waals surface area (Å²) in [5.41, 5.74) is 1.82. The maximum atomic E-state index is 7.24. The average molecular weight is 584 g/mol. The fourth-order valence-electron chi connectivity index (χ4n) is 5.14. The molecule has 0 aliphatic carbocycles. The summed E-state index contributed by atoms with van der Waals surface area (Å²) in [6, 6.07) is 61.4. The minimum atomic E-state index is -1.43. The van der Waals surface area contributed by atoms with Gasteiger partial charge in [-0.1, -0.05) is 133 Å². The van der Waals surface area contributed by atoms with Crippen LogP contribution in [0.1, 0.15) is 11.1 Å². The van der Waals surface area contributed by atoms with Crippen LogP contribution in [0, 0.1) is 0 Å². The van der Waals surface area contributed by atoms with Gasteiger partial charge in [-0.15, -0.1) is 12.6 Å². The summed E-state index contributed by atoms with van der Waals surface area (Å²) < 4.78 is 13.4. The maximum absolute atomic E-state index is 7.24. The molecule has 0 heterocycles. The van der Waals surface area contributed by atoms with Gasteiger partial charge in [0.1, 0.15) is 11.5 Å². The first-order valence-electron chi connectivity index (χ1n) is 13.9. The van der Waals surface area contributed by atoms with Crippen molar-refractivity contribution in [2.24, 2.45) is 0 Å². The van der Waals surface area contributed by atoms with E-state index in [1.54, 1.807) is 0 Å². The Morgan fingerprint density at radius 3 is 1.07 bits per heavy atom. The number of hydrogen-bond acceptors (Lipinski definition) is 3. The molecule has 0 saturated carbocycles. The van der Waals surface area contributed by atoms with E-state index in [1.165, 1.54) is 0 Å². The average Bonchev–Trinajstić information content (AvgIpc) is 3.07. The van der Waals surface area contributed by atoms with E-state index in [1.807, 2.05) is 97.1 Å². The highest BCUT2D eigenvalue weighted by Gasteiger charge is 2.69. The van der Waals surface area contributed by atoms with Crippen molar-refractivity contribution in [2.45, 2.75) is 19.7 Å². The van der Waals surface area contributed by atoms with Crippen LogP contribution in [0.25, 0.3) is 0 Å². The SMILES string of the molecule is SC(c1ccccc1)([S+](c1ccccc1)c1ccccc1)C(Oc1ccccc1)(Oc1ccccc1)c1ccccc1. The molecule has 4 heteroatoms. The highest BCUT2D eigenvalue weighted by Crippen LogP contribution is 2.57. The van der Waals surface area contributed by atoms with Crippen LogP contribution in [0.15, 0.2) is 192 Å². The van der Waals surface area contributed by atoms with Gasteiger partial charge in [-0.2, -0.15) is 0 Å². The second-order valence-electron chi connectivity index (χ2n) is 9.76. The number of para-hydroxylation sites is 2. The van der Waals surface area contributed by atoms with Gasteiger partial charge in [0, 0.05) is 11.1 Å². The predicted molar refractivity (Wildman–Crippen MR) is 176 cm³/mol. The summed E-state index contributed by atoms with van der Waals surface area (Å²) in [7, 11) is -0.709. The van der Waals surface area contributed by atoms with E-state index in [2.05, 4.69) is 84.9 Å². The van der Waals surface area contributed by atoms with Crippen molar-refractivity contribution < 1.29 is 9.47 Å². The number of thiol groups is 1. The molecule has 6 aromatic carbocycles. The number of ether oxygens (including phenoxy) is 2. The number of rotatable bonds is 10. The zero-order valence-corrected chi connectivity index (χ0v) is 24.7.